The number of nitriles is 1. The lowest BCUT2D eigenvalue weighted by Gasteiger charge is -2.14. The summed E-state index contributed by atoms with van der Waals surface area (Å²) in [6.07, 6.45) is 4.43. The predicted octanol–water partition coefficient (Wildman–Crippen LogP) is 1.67. The zero-order chi connectivity index (χ0) is 11.9. The van der Waals surface area contributed by atoms with Gasteiger partial charge in [0.1, 0.15) is 17.6 Å². The van der Waals surface area contributed by atoms with Gasteiger partial charge in [0.25, 0.3) is 0 Å². The number of aromatic nitrogens is 1. The summed E-state index contributed by atoms with van der Waals surface area (Å²) in [6, 6.07) is 7.48. The minimum absolute atomic E-state index is 0.455. The van der Waals surface area contributed by atoms with Crippen molar-refractivity contribution in [2.45, 2.75) is 12.8 Å². The van der Waals surface area contributed by atoms with E-state index in [1.807, 2.05) is 18.2 Å². The van der Waals surface area contributed by atoms with Crippen molar-refractivity contribution in [1.29, 1.82) is 5.26 Å². The maximum atomic E-state index is 8.73. The molecule has 0 amide bonds. The van der Waals surface area contributed by atoms with Crippen LogP contribution in [0.3, 0.4) is 0 Å². The quantitative estimate of drug-likeness (QED) is 0.770. The molecule has 2 N–H and O–H groups in total. The number of hydrogen-bond acceptors (Lipinski definition) is 4. The zero-order valence-corrected chi connectivity index (χ0v) is 9.74. The van der Waals surface area contributed by atoms with Crippen LogP contribution in [0, 0.1) is 11.3 Å². The molecule has 2 heterocycles. The van der Waals surface area contributed by atoms with Gasteiger partial charge in [-0.3, -0.25) is 0 Å². The summed E-state index contributed by atoms with van der Waals surface area (Å²) in [7, 11) is 0. The van der Waals surface area contributed by atoms with Crippen LogP contribution in [0.4, 0.5) is 5.82 Å². The molecule has 0 saturated carbocycles. The summed E-state index contributed by atoms with van der Waals surface area (Å²) < 4.78 is 0. The van der Waals surface area contributed by atoms with E-state index < -0.39 is 0 Å². The van der Waals surface area contributed by atoms with Crippen molar-refractivity contribution in [1.82, 2.24) is 10.3 Å². The summed E-state index contributed by atoms with van der Waals surface area (Å²) in [5, 5.41) is 15.3. The fourth-order valence-corrected chi connectivity index (χ4v) is 1.84. The van der Waals surface area contributed by atoms with Crippen LogP contribution >= 0.6 is 0 Å². The number of nitrogens with one attached hydrogen (secondary N) is 2. The van der Waals surface area contributed by atoms with Crippen LogP contribution in [0.1, 0.15) is 18.5 Å². The van der Waals surface area contributed by atoms with Crippen LogP contribution in [0.25, 0.3) is 0 Å². The lowest BCUT2D eigenvalue weighted by atomic mass is 10.1. The minimum atomic E-state index is 0.455. The normalized spacial score (nSPS) is 14.9. The highest BCUT2D eigenvalue weighted by molar-refractivity contribution is 5.38. The van der Waals surface area contributed by atoms with Gasteiger partial charge in [0.05, 0.1) is 0 Å². The molecule has 17 heavy (non-hydrogen) atoms. The van der Waals surface area contributed by atoms with Crippen LogP contribution in [0.5, 0.6) is 0 Å². The average Bonchev–Trinajstić information content (AvgIpc) is 2.40. The van der Waals surface area contributed by atoms with Crippen molar-refractivity contribution in [3.63, 3.8) is 0 Å². The van der Waals surface area contributed by atoms with Crippen LogP contribution in [0.15, 0.2) is 29.8 Å². The van der Waals surface area contributed by atoms with Crippen molar-refractivity contribution >= 4 is 5.82 Å². The third-order valence-corrected chi connectivity index (χ3v) is 2.77. The molecule has 0 bridgehead atoms. The first-order valence-electron chi connectivity index (χ1n) is 5.88. The van der Waals surface area contributed by atoms with Crippen LogP contribution in [-0.2, 0) is 0 Å². The molecule has 0 radical (unpaired) electrons. The molecule has 0 saturated heterocycles. The SMILES string of the molecule is N#Cc1cccc(NCCC2=CCNCC2)n1. The first kappa shape index (κ1) is 11.6. The lowest BCUT2D eigenvalue weighted by Crippen LogP contribution is -2.21. The third kappa shape index (κ3) is 3.58. The van der Waals surface area contributed by atoms with E-state index in [2.05, 4.69) is 21.7 Å². The summed E-state index contributed by atoms with van der Waals surface area (Å²) in [5.74, 6) is 0.776. The number of rotatable bonds is 4. The summed E-state index contributed by atoms with van der Waals surface area (Å²) in [4.78, 5) is 4.17. The molecule has 1 aliphatic rings. The minimum Gasteiger partial charge on any atom is -0.370 e. The second-order valence-electron chi connectivity index (χ2n) is 4.01. The van der Waals surface area contributed by atoms with Crippen molar-refractivity contribution in [3.8, 4) is 6.07 Å². The number of anilines is 1. The molecule has 0 unspecified atom stereocenters. The first-order valence-corrected chi connectivity index (χ1v) is 5.88. The van der Waals surface area contributed by atoms with E-state index >= 15 is 0 Å². The molecule has 1 aromatic rings. The van der Waals surface area contributed by atoms with E-state index in [9.17, 15) is 0 Å². The standard InChI is InChI=1S/C13H16N4/c14-10-12-2-1-3-13(17-12)16-9-6-11-4-7-15-8-5-11/h1-4,15H,5-9H2,(H,16,17). The van der Waals surface area contributed by atoms with E-state index in [4.69, 9.17) is 5.26 Å². The fourth-order valence-electron chi connectivity index (χ4n) is 1.84. The Bertz CT molecular complexity index is 445. The third-order valence-electron chi connectivity index (χ3n) is 2.77. The second-order valence-corrected chi connectivity index (χ2v) is 4.01. The Morgan fingerprint density at radius 3 is 3.18 bits per heavy atom. The molecular formula is C13H16N4. The maximum Gasteiger partial charge on any atom is 0.142 e. The van der Waals surface area contributed by atoms with Gasteiger partial charge in [-0.05, 0) is 31.5 Å². The van der Waals surface area contributed by atoms with Crippen molar-refractivity contribution in [3.05, 3.63) is 35.5 Å². The average molecular weight is 228 g/mol. The van der Waals surface area contributed by atoms with Gasteiger partial charge in [-0.1, -0.05) is 17.7 Å². The maximum absolute atomic E-state index is 8.73. The van der Waals surface area contributed by atoms with Gasteiger partial charge < -0.3 is 10.6 Å². The van der Waals surface area contributed by atoms with Gasteiger partial charge in [0.15, 0.2) is 0 Å². The molecule has 1 aliphatic heterocycles. The Kier molecular flexibility index (Phi) is 4.11. The molecule has 2 rings (SSSR count). The van der Waals surface area contributed by atoms with Crippen LogP contribution < -0.4 is 10.6 Å². The van der Waals surface area contributed by atoms with Gasteiger partial charge >= 0.3 is 0 Å². The van der Waals surface area contributed by atoms with Crippen molar-refractivity contribution < 1.29 is 0 Å². The highest BCUT2D eigenvalue weighted by Crippen LogP contribution is 2.10. The van der Waals surface area contributed by atoms with E-state index in [-0.39, 0.29) is 0 Å². The molecule has 0 fully saturated rings. The highest BCUT2D eigenvalue weighted by Gasteiger charge is 2.02. The molecule has 4 nitrogen and oxygen atoms in total. The van der Waals surface area contributed by atoms with Crippen molar-refractivity contribution in [2.75, 3.05) is 25.0 Å². The topological polar surface area (TPSA) is 60.7 Å². The smallest absolute Gasteiger partial charge is 0.142 e. The van der Waals surface area contributed by atoms with E-state index in [1.54, 1.807) is 6.07 Å². The van der Waals surface area contributed by atoms with E-state index in [0.717, 1.165) is 38.3 Å². The second kappa shape index (κ2) is 6.02. The largest absolute Gasteiger partial charge is 0.370 e. The lowest BCUT2D eigenvalue weighted by molar-refractivity contribution is 0.683. The Hall–Kier alpha value is -1.86. The predicted molar refractivity (Wildman–Crippen MR) is 67.6 cm³/mol. The van der Waals surface area contributed by atoms with Crippen LogP contribution in [0.2, 0.25) is 0 Å². The Labute approximate surface area is 101 Å². The molecule has 0 atom stereocenters. The van der Waals surface area contributed by atoms with Crippen LogP contribution in [-0.4, -0.2) is 24.6 Å². The Morgan fingerprint density at radius 1 is 1.47 bits per heavy atom. The fraction of sp³-hybridized carbons (Fsp3) is 0.385. The number of pyridine rings is 1. The van der Waals surface area contributed by atoms with Crippen molar-refractivity contribution in [2.24, 2.45) is 0 Å². The first-order chi connectivity index (χ1) is 8.38. The number of hydrogen-bond donors (Lipinski definition) is 2. The summed E-state index contributed by atoms with van der Waals surface area (Å²) >= 11 is 0. The summed E-state index contributed by atoms with van der Waals surface area (Å²) in [6.45, 7) is 2.93. The molecule has 4 heteroatoms. The summed E-state index contributed by atoms with van der Waals surface area (Å²) in [5.41, 5.74) is 1.95. The Morgan fingerprint density at radius 2 is 2.41 bits per heavy atom. The molecule has 88 valence electrons. The molecule has 0 aromatic carbocycles. The number of nitrogens with zero attached hydrogens (tertiary/aromatic N) is 2. The van der Waals surface area contributed by atoms with Gasteiger partial charge in [0, 0.05) is 13.1 Å². The monoisotopic (exact) mass is 228 g/mol. The molecule has 0 aliphatic carbocycles. The van der Waals surface area contributed by atoms with E-state index in [1.165, 1.54) is 5.57 Å². The highest BCUT2D eigenvalue weighted by atomic mass is 15.0. The molecule has 0 spiro atoms. The van der Waals surface area contributed by atoms with Gasteiger partial charge in [-0.2, -0.15) is 5.26 Å². The molecule has 1 aromatic heterocycles. The van der Waals surface area contributed by atoms with Gasteiger partial charge in [-0.25, -0.2) is 4.98 Å². The Balaban J connectivity index is 1.81. The zero-order valence-electron chi connectivity index (χ0n) is 9.74. The van der Waals surface area contributed by atoms with Gasteiger partial charge in [-0.15, -0.1) is 0 Å². The molecular weight excluding hydrogens is 212 g/mol. The van der Waals surface area contributed by atoms with E-state index in [0.29, 0.717) is 5.69 Å². The van der Waals surface area contributed by atoms with Gasteiger partial charge in [0.2, 0.25) is 0 Å².